The maximum Gasteiger partial charge on any atom is 0.0122 e. The van der Waals surface area contributed by atoms with Crippen molar-refractivity contribution in [2.24, 2.45) is 5.41 Å². The van der Waals surface area contributed by atoms with Gasteiger partial charge in [-0.25, -0.2) is 0 Å². The lowest BCUT2D eigenvalue weighted by Crippen LogP contribution is -2.56. The molecule has 2 nitrogen and oxygen atoms in total. The highest BCUT2D eigenvalue weighted by Crippen LogP contribution is 2.48. The monoisotopic (exact) mass is 168 g/mol. The first-order valence-corrected chi connectivity index (χ1v) is 5.13. The van der Waals surface area contributed by atoms with E-state index in [1.54, 1.807) is 0 Å². The van der Waals surface area contributed by atoms with Crippen LogP contribution in [0.25, 0.3) is 0 Å². The molecule has 1 aliphatic heterocycles. The van der Waals surface area contributed by atoms with Gasteiger partial charge in [0, 0.05) is 6.04 Å². The first-order valence-electron chi connectivity index (χ1n) is 5.13. The Labute approximate surface area is 75.3 Å². The van der Waals surface area contributed by atoms with Crippen molar-refractivity contribution in [2.45, 2.75) is 31.7 Å². The fraction of sp³-hybridized carbons (Fsp3) is 1.00. The topological polar surface area (TPSA) is 15.3 Å². The molecule has 2 aliphatic rings. The highest BCUT2D eigenvalue weighted by atomic mass is 15.1. The molecule has 12 heavy (non-hydrogen) atoms. The normalized spacial score (nSPS) is 35.0. The van der Waals surface area contributed by atoms with E-state index in [0.29, 0.717) is 5.41 Å². The van der Waals surface area contributed by atoms with Gasteiger partial charge in [-0.2, -0.15) is 0 Å². The molecule has 1 atom stereocenters. The Morgan fingerprint density at radius 3 is 2.33 bits per heavy atom. The number of hydrogen-bond acceptors (Lipinski definition) is 2. The quantitative estimate of drug-likeness (QED) is 0.630. The number of hydrogen-bond donors (Lipinski definition) is 1. The third-order valence-corrected chi connectivity index (χ3v) is 4.00. The average molecular weight is 168 g/mol. The van der Waals surface area contributed by atoms with Crippen LogP contribution in [0, 0.1) is 5.41 Å². The summed E-state index contributed by atoms with van der Waals surface area (Å²) in [4.78, 5) is 2.45. The fourth-order valence-electron chi connectivity index (χ4n) is 2.81. The molecule has 1 saturated carbocycles. The largest absolute Gasteiger partial charge is 0.316 e. The van der Waals surface area contributed by atoms with Gasteiger partial charge in [0.05, 0.1) is 0 Å². The molecule has 0 aromatic heterocycles. The molecule has 2 rings (SSSR count). The second-order valence-corrected chi connectivity index (χ2v) is 4.55. The summed E-state index contributed by atoms with van der Waals surface area (Å²) in [6.07, 6.45) is 5.69. The third kappa shape index (κ3) is 1.17. The van der Waals surface area contributed by atoms with Crippen LogP contribution >= 0.6 is 0 Å². The van der Waals surface area contributed by atoms with Crippen molar-refractivity contribution in [3.05, 3.63) is 0 Å². The van der Waals surface area contributed by atoms with E-state index in [0.717, 1.165) is 6.04 Å². The zero-order chi connectivity index (χ0) is 8.60. The summed E-state index contributed by atoms with van der Waals surface area (Å²) in [5.41, 5.74) is 0.696. The van der Waals surface area contributed by atoms with Crippen LogP contribution in [0.4, 0.5) is 0 Å². The van der Waals surface area contributed by atoms with Crippen molar-refractivity contribution in [1.82, 2.24) is 10.2 Å². The van der Waals surface area contributed by atoms with E-state index < -0.39 is 0 Å². The number of nitrogens with zero attached hydrogens (tertiary/aromatic N) is 1. The molecule has 1 spiro atoms. The van der Waals surface area contributed by atoms with Gasteiger partial charge in [-0.3, -0.25) is 0 Å². The minimum atomic E-state index is 0.696. The van der Waals surface area contributed by atoms with Crippen LogP contribution in [0.2, 0.25) is 0 Å². The Bertz CT molecular complexity index is 157. The van der Waals surface area contributed by atoms with Crippen molar-refractivity contribution in [1.29, 1.82) is 0 Å². The maximum atomic E-state index is 3.46. The van der Waals surface area contributed by atoms with Gasteiger partial charge in [0.25, 0.3) is 0 Å². The summed E-state index contributed by atoms with van der Waals surface area (Å²) in [6.45, 7) is 2.61. The summed E-state index contributed by atoms with van der Waals surface area (Å²) in [6, 6.07) is 0.825. The van der Waals surface area contributed by atoms with Crippen LogP contribution in [0.5, 0.6) is 0 Å². The summed E-state index contributed by atoms with van der Waals surface area (Å²) in [7, 11) is 4.35. The maximum absolute atomic E-state index is 3.46. The van der Waals surface area contributed by atoms with E-state index in [1.807, 2.05) is 0 Å². The van der Waals surface area contributed by atoms with Crippen molar-refractivity contribution in [3.63, 3.8) is 0 Å². The van der Waals surface area contributed by atoms with E-state index >= 15 is 0 Å². The summed E-state index contributed by atoms with van der Waals surface area (Å²) >= 11 is 0. The molecule has 70 valence electrons. The van der Waals surface area contributed by atoms with E-state index in [4.69, 9.17) is 0 Å². The molecular weight excluding hydrogens is 148 g/mol. The van der Waals surface area contributed by atoms with Crippen molar-refractivity contribution in [3.8, 4) is 0 Å². The molecule has 1 saturated heterocycles. The predicted octanol–water partition coefficient (Wildman–Crippen LogP) is 1.08. The van der Waals surface area contributed by atoms with Gasteiger partial charge in [0.15, 0.2) is 0 Å². The third-order valence-electron chi connectivity index (χ3n) is 4.00. The first kappa shape index (κ1) is 8.52. The molecule has 0 radical (unpaired) electrons. The van der Waals surface area contributed by atoms with Gasteiger partial charge in [-0.15, -0.1) is 0 Å². The highest BCUT2D eigenvalue weighted by molar-refractivity contribution is 5.02. The van der Waals surface area contributed by atoms with E-state index in [2.05, 4.69) is 24.3 Å². The van der Waals surface area contributed by atoms with Crippen molar-refractivity contribution in [2.75, 3.05) is 27.2 Å². The van der Waals surface area contributed by atoms with Crippen LogP contribution in [0.3, 0.4) is 0 Å². The zero-order valence-corrected chi connectivity index (χ0v) is 8.27. The minimum absolute atomic E-state index is 0.696. The SMILES string of the molecule is CNC1CCC12CCN(C)CC2. The second kappa shape index (κ2) is 3.00. The number of nitrogens with one attached hydrogen (secondary N) is 1. The van der Waals surface area contributed by atoms with Gasteiger partial charge < -0.3 is 10.2 Å². The Morgan fingerprint density at radius 1 is 1.25 bits per heavy atom. The molecule has 1 N–H and O–H groups in total. The van der Waals surface area contributed by atoms with Crippen LogP contribution in [-0.2, 0) is 0 Å². The smallest absolute Gasteiger partial charge is 0.0122 e. The summed E-state index contributed by atoms with van der Waals surface area (Å²) in [5.74, 6) is 0. The molecule has 1 aliphatic carbocycles. The molecule has 0 amide bonds. The van der Waals surface area contributed by atoms with Crippen LogP contribution in [0.15, 0.2) is 0 Å². The van der Waals surface area contributed by atoms with E-state index in [-0.39, 0.29) is 0 Å². The lowest BCUT2D eigenvalue weighted by Gasteiger charge is -2.53. The Morgan fingerprint density at radius 2 is 1.92 bits per heavy atom. The zero-order valence-electron chi connectivity index (χ0n) is 8.27. The van der Waals surface area contributed by atoms with Crippen LogP contribution < -0.4 is 5.32 Å². The Hall–Kier alpha value is -0.0800. The van der Waals surface area contributed by atoms with Crippen molar-refractivity contribution < 1.29 is 0 Å². The molecule has 0 aromatic carbocycles. The average Bonchev–Trinajstić information content (AvgIpc) is 2.05. The number of likely N-dealkylation sites (tertiary alicyclic amines) is 1. The lowest BCUT2D eigenvalue weighted by atomic mass is 9.59. The number of rotatable bonds is 1. The molecule has 0 aromatic rings. The van der Waals surface area contributed by atoms with E-state index in [9.17, 15) is 0 Å². The van der Waals surface area contributed by atoms with Gasteiger partial charge in [-0.1, -0.05) is 0 Å². The van der Waals surface area contributed by atoms with Gasteiger partial charge in [0.1, 0.15) is 0 Å². The molecule has 2 fully saturated rings. The molecule has 1 heterocycles. The standard InChI is InChI=1S/C10H20N2/c1-11-9-3-4-10(9)5-7-12(2)8-6-10/h9,11H,3-8H2,1-2H3. The second-order valence-electron chi connectivity index (χ2n) is 4.55. The molecular formula is C10H20N2. The molecule has 0 bridgehead atoms. The fourth-order valence-corrected chi connectivity index (χ4v) is 2.81. The number of piperidine rings is 1. The minimum Gasteiger partial charge on any atom is -0.316 e. The Balaban J connectivity index is 1.95. The highest BCUT2D eigenvalue weighted by Gasteiger charge is 2.46. The van der Waals surface area contributed by atoms with E-state index in [1.165, 1.54) is 38.8 Å². The summed E-state index contributed by atoms with van der Waals surface area (Å²) in [5, 5.41) is 3.46. The Kier molecular flexibility index (Phi) is 2.13. The van der Waals surface area contributed by atoms with Gasteiger partial charge >= 0.3 is 0 Å². The van der Waals surface area contributed by atoms with Crippen LogP contribution in [0.1, 0.15) is 25.7 Å². The summed E-state index contributed by atoms with van der Waals surface area (Å²) < 4.78 is 0. The van der Waals surface area contributed by atoms with Crippen molar-refractivity contribution >= 4 is 0 Å². The van der Waals surface area contributed by atoms with Crippen LogP contribution in [-0.4, -0.2) is 38.1 Å². The van der Waals surface area contributed by atoms with Gasteiger partial charge in [0.2, 0.25) is 0 Å². The van der Waals surface area contributed by atoms with Gasteiger partial charge in [-0.05, 0) is 58.3 Å². The molecule has 1 unspecified atom stereocenters. The molecule has 2 heteroatoms. The lowest BCUT2D eigenvalue weighted by molar-refractivity contribution is 0.00353. The first-order chi connectivity index (χ1) is 5.77. The predicted molar refractivity (Wildman–Crippen MR) is 51.2 cm³/mol.